The molecule has 0 saturated heterocycles. The van der Waals surface area contributed by atoms with E-state index >= 15 is 0 Å². The number of rotatable bonds is 6. The van der Waals surface area contributed by atoms with Gasteiger partial charge in [-0.25, -0.2) is 13.1 Å². The van der Waals surface area contributed by atoms with E-state index in [9.17, 15) is 13.2 Å². The first-order valence-electron chi connectivity index (χ1n) is 3.58. The quantitative estimate of drug-likeness (QED) is 0.589. The number of methoxy groups -OCH3 is 1. The number of carboxylic acids is 1. The van der Waals surface area contributed by atoms with Crippen molar-refractivity contribution in [3.05, 3.63) is 0 Å². The van der Waals surface area contributed by atoms with Crippen LogP contribution in [0.1, 0.15) is 6.92 Å². The molecule has 7 heteroatoms. The molecule has 0 aliphatic heterocycles. The average molecular weight is 211 g/mol. The molecule has 0 aromatic carbocycles. The largest absolute Gasteiger partial charge is 0.480 e. The van der Waals surface area contributed by atoms with Gasteiger partial charge in [0, 0.05) is 13.2 Å². The van der Waals surface area contributed by atoms with Gasteiger partial charge in [-0.3, -0.25) is 4.79 Å². The highest BCUT2D eigenvalue weighted by molar-refractivity contribution is 7.90. The number of sulfonamides is 1. The molecule has 0 aromatic heterocycles. The minimum atomic E-state index is -3.73. The molecule has 0 aromatic rings. The Morgan fingerprint density at radius 1 is 1.62 bits per heavy atom. The fourth-order valence-electron chi connectivity index (χ4n) is 0.795. The van der Waals surface area contributed by atoms with E-state index in [1.54, 1.807) is 6.92 Å². The second-order valence-corrected chi connectivity index (χ2v) is 4.38. The molecule has 0 saturated carbocycles. The third-order valence-corrected chi connectivity index (χ3v) is 2.50. The number of aliphatic carboxylic acids is 1. The van der Waals surface area contributed by atoms with Crippen molar-refractivity contribution in [2.24, 2.45) is 0 Å². The lowest BCUT2D eigenvalue weighted by Gasteiger charge is -2.11. The van der Waals surface area contributed by atoms with Crippen molar-refractivity contribution in [1.29, 1.82) is 0 Å². The summed E-state index contributed by atoms with van der Waals surface area (Å²) >= 11 is 0. The van der Waals surface area contributed by atoms with Crippen LogP contribution in [0.3, 0.4) is 0 Å². The van der Waals surface area contributed by atoms with Crippen molar-refractivity contribution >= 4 is 16.0 Å². The first-order valence-corrected chi connectivity index (χ1v) is 5.23. The number of nitrogens with one attached hydrogen (secondary N) is 1. The van der Waals surface area contributed by atoms with Crippen LogP contribution in [0, 0.1) is 0 Å². The van der Waals surface area contributed by atoms with Crippen molar-refractivity contribution < 1.29 is 23.1 Å². The van der Waals surface area contributed by atoms with E-state index in [1.165, 1.54) is 7.11 Å². The molecule has 0 amide bonds. The zero-order valence-corrected chi connectivity index (χ0v) is 8.30. The summed E-state index contributed by atoms with van der Waals surface area (Å²) in [4.78, 5) is 10.1. The van der Waals surface area contributed by atoms with Gasteiger partial charge in [-0.2, -0.15) is 0 Å². The minimum absolute atomic E-state index is 0.207. The van der Waals surface area contributed by atoms with E-state index in [1.807, 2.05) is 0 Å². The van der Waals surface area contributed by atoms with Crippen LogP contribution in [0.15, 0.2) is 0 Å². The lowest BCUT2D eigenvalue weighted by atomic mass is 10.4. The molecule has 2 N–H and O–H groups in total. The molecule has 78 valence electrons. The second kappa shape index (κ2) is 5.15. The number of carbonyl (C=O) groups is 1. The minimum Gasteiger partial charge on any atom is -0.480 e. The topological polar surface area (TPSA) is 92.7 Å². The lowest BCUT2D eigenvalue weighted by molar-refractivity contribution is -0.134. The monoisotopic (exact) mass is 211 g/mol. The Kier molecular flexibility index (Phi) is 4.89. The summed E-state index contributed by atoms with van der Waals surface area (Å²) in [7, 11) is -2.30. The van der Waals surface area contributed by atoms with Crippen LogP contribution < -0.4 is 4.72 Å². The Morgan fingerprint density at radius 3 is 2.54 bits per heavy atom. The summed E-state index contributed by atoms with van der Waals surface area (Å²) in [5, 5.41) is 8.24. The van der Waals surface area contributed by atoms with Crippen molar-refractivity contribution in [3.63, 3.8) is 0 Å². The van der Waals surface area contributed by atoms with Gasteiger partial charge >= 0.3 is 5.97 Å². The Labute approximate surface area is 76.9 Å². The molecular formula is C6H13NO5S. The van der Waals surface area contributed by atoms with Gasteiger partial charge in [-0.05, 0) is 6.92 Å². The molecule has 6 nitrogen and oxygen atoms in total. The zero-order valence-electron chi connectivity index (χ0n) is 7.48. The SMILES string of the molecule is COCC(C)NS(=O)(=O)CC(=O)O. The van der Waals surface area contributed by atoms with E-state index in [4.69, 9.17) is 5.11 Å². The maximum Gasteiger partial charge on any atom is 0.320 e. The van der Waals surface area contributed by atoms with E-state index in [2.05, 4.69) is 9.46 Å². The van der Waals surface area contributed by atoms with Crippen LogP contribution in [0.25, 0.3) is 0 Å². The van der Waals surface area contributed by atoms with Gasteiger partial charge in [0.25, 0.3) is 0 Å². The normalized spacial score (nSPS) is 14.0. The van der Waals surface area contributed by atoms with E-state index in [0.29, 0.717) is 0 Å². The summed E-state index contributed by atoms with van der Waals surface area (Å²) in [6.45, 7) is 1.79. The van der Waals surface area contributed by atoms with Gasteiger partial charge < -0.3 is 9.84 Å². The molecule has 1 atom stereocenters. The van der Waals surface area contributed by atoms with Crippen LogP contribution in [0.2, 0.25) is 0 Å². The highest BCUT2D eigenvalue weighted by Crippen LogP contribution is 1.90. The lowest BCUT2D eigenvalue weighted by Crippen LogP contribution is -2.38. The molecule has 0 aliphatic carbocycles. The Morgan fingerprint density at radius 2 is 2.15 bits per heavy atom. The fourth-order valence-corrected chi connectivity index (χ4v) is 1.88. The standard InChI is InChI=1S/C6H13NO5S/c1-5(3-12-2)7-13(10,11)4-6(8)9/h5,7H,3-4H2,1-2H3,(H,8,9). The van der Waals surface area contributed by atoms with Crippen LogP contribution in [0.5, 0.6) is 0 Å². The Balaban J connectivity index is 4.10. The molecule has 0 heterocycles. The highest BCUT2D eigenvalue weighted by Gasteiger charge is 2.17. The van der Waals surface area contributed by atoms with Gasteiger partial charge in [0.05, 0.1) is 6.61 Å². The van der Waals surface area contributed by atoms with Crippen molar-refractivity contribution in [3.8, 4) is 0 Å². The molecule has 0 spiro atoms. The first kappa shape index (κ1) is 12.3. The number of ether oxygens (including phenoxy) is 1. The van der Waals surface area contributed by atoms with Crippen molar-refractivity contribution in [2.45, 2.75) is 13.0 Å². The molecule has 13 heavy (non-hydrogen) atoms. The number of carboxylic acid groups (broad SMARTS) is 1. The average Bonchev–Trinajstić information content (AvgIpc) is 1.81. The van der Waals surface area contributed by atoms with E-state index in [0.717, 1.165) is 0 Å². The number of hydrogen-bond donors (Lipinski definition) is 2. The molecule has 0 rings (SSSR count). The van der Waals surface area contributed by atoms with Crippen LogP contribution in [0.4, 0.5) is 0 Å². The van der Waals surface area contributed by atoms with Gasteiger partial charge in [-0.15, -0.1) is 0 Å². The van der Waals surface area contributed by atoms with Crippen LogP contribution >= 0.6 is 0 Å². The first-order chi connectivity index (χ1) is 5.87. The summed E-state index contributed by atoms with van der Waals surface area (Å²) in [6, 6.07) is -0.422. The second-order valence-electron chi connectivity index (χ2n) is 2.63. The summed E-state index contributed by atoms with van der Waals surface area (Å²) in [5.74, 6) is -2.29. The summed E-state index contributed by atoms with van der Waals surface area (Å²) in [6.07, 6.45) is 0. The van der Waals surface area contributed by atoms with Crippen molar-refractivity contribution in [2.75, 3.05) is 19.5 Å². The Bertz CT molecular complexity index is 260. The molecule has 0 bridgehead atoms. The molecule has 0 aliphatic rings. The van der Waals surface area contributed by atoms with Gasteiger partial charge in [0.15, 0.2) is 5.75 Å². The highest BCUT2D eigenvalue weighted by atomic mass is 32.2. The van der Waals surface area contributed by atoms with Gasteiger partial charge in [-0.1, -0.05) is 0 Å². The zero-order chi connectivity index (χ0) is 10.5. The van der Waals surface area contributed by atoms with Crippen LogP contribution in [-0.4, -0.2) is 45.0 Å². The molecule has 1 unspecified atom stereocenters. The summed E-state index contributed by atoms with van der Waals surface area (Å²) in [5.41, 5.74) is 0. The molecule has 0 fully saturated rings. The van der Waals surface area contributed by atoms with Gasteiger partial charge in [0.1, 0.15) is 0 Å². The Hall–Kier alpha value is -0.660. The third-order valence-electron chi connectivity index (χ3n) is 1.11. The van der Waals surface area contributed by atoms with Crippen molar-refractivity contribution in [1.82, 2.24) is 4.72 Å². The maximum absolute atomic E-state index is 11.0. The number of hydrogen-bond acceptors (Lipinski definition) is 4. The fraction of sp³-hybridized carbons (Fsp3) is 0.833. The molecule has 0 radical (unpaired) electrons. The third kappa shape index (κ3) is 6.50. The smallest absolute Gasteiger partial charge is 0.320 e. The van der Waals surface area contributed by atoms with E-state index in [-0.39, 0.29) is 6.61 Å². The predicted octanol–water partition coefficient (Wildman–Crippen LogP) is -0.975. The van der Waals surface area contributed by atoms with E-state index < -0.39 is 27.8 Å². The van der Waals surface area contributed by atoms with Crippen LogP contribution in [-0.2, 0) is 19.6 Å². The predicted molar refractivity (Wildman–Crippen MR) is 45.9 cm³/mol. The molecular weight excluding hydrogens is 198 g/mol. The van der Waals surface area contributed by atoms with Gasteiger partial charge in [0.2, 0.25) is 10.0 Å². The maximum atomic E-state index is 11.0. The summed E-state index contributed by atoms with van der Waals surface area (Å²) < 4.78 is 28.8.